The van der Waals surface area contributed by atoms with Crippen molar-refractivity contribution in [3.05, 3.63) is 64.7 Å². The SMILES string of the molecule is COc1ccc2nc(C(=O)Nc3ccc4[nH]c(=O)[nH]c4c3)ccc2c1. The van der Waals surface area contributed by atoms with Crippen LogP contribution in [0.2, 0.25) is 0 Å². The predicted molar refractivity (Wildman–Crippen MR) is 95.2 cm³/mol. The maximum absolute atomic E-state index is 12.4. The minimum absolute atomic E-state index is 0.287. The van der Waals surface area contributed by atoms with Crippen molar-refractivity contribution in [2.24, 2.45) is 0 Å². The number of anilines is 1. The first kappa shape index (κ1) is 14.9. The number of fused-ring (bicyclic) bond motifs is 2. The van der Waals surface area contributed by atoms with Crippen molar-refractivity contribution in [2.75, 3.05) is 12.4 Å². The van der Waals surface area contributed by atoms with Crippen molar-refractivity contribution >= 4 is 33.5 Å². The van der Waals surface area contributed by atoms with Gasteiger partial charge in [0.05, 0.1) is 23.7 Å². The molecule has 0 bridgehead atoms. The van der Waals surface area contributed by atoms with Gasteiger partial charge >= 0.3 is 5.69 Å². The number of hydrogen-bond acceptors (Lipinski definition) is 4. The van der Waals surface area contributed by atoms with Crippen LogP contribution in [0.1, 0.15) is 10.5 Å². The molecule has 4 aromatic rings. The molecule has 1 amide bonds. The molecule has 124 valence electrons. The van der Waals surface area contributed by atoms with Crippen LogP contribution in [0.3, 0.4) is 0 Å². The molecule has 0 atom stereocenters. The molecule has 0 unspecified atom stereocenters. The average Bonchev–Trinajstić information content (AvgIpc) is 3.00. The zero-order chi connectivity index (χ0) is 17.4. The van der Waals surface area contributed by atoms with E-state index in [4.69, 9.17) is 4.74 Å². The zero-order valence-electron chi connectivity index (χ0n) is 13.3. The van der Waals surface area contributed by atoms with Gasteiger partial charge in [-0.05, 0) is 42.5 Å². The summed E-state index contributed by atoms with van der Waals surface area (Å²) in [7, 11) is 1.60. The Hall–Kier alpha value is -3.61. The lowest BCUT2D eigenvalue weighted by Gasteiger charge is -2.07. The fourth-order valence-corrected chi connectivity index (χ4v) is 2.66. The highest BCUT2D eigenvalue weighted by Crippen LogP contribution is 2.20. The van der Waals surface area contributed by atoms with Gasteiger partial charge in [-0.2, -0.15) is 0 Å². The maximum atomic E-state index is 12.4. The van der Waals surface area contributed by atoms with Crippen LogP contribution in [-0.2, 0) is 0 Å². The summed E-state index contributed by atoms with van der Waals surface area (Å²) in [5, 5.41) is 3.68. The average molecular weight is 334 g/mol. The van der Waals surface area contributed by atoms with Crippen LogP contribution < -0.4 is 15.7 Å². The number of aromatic amines is 2. The Morgan fingerprint density at radius 2 is 1.88 bits per heavy atom. The van der Waals surface area contributed by atoms with Gasteiger partial charge in [-0.25, -0.2) is 9.78 Å². The third-order valence-corrected chi connectivity index (χ3v) is 3.90. The highest BCUT2D eigenvalue weighted by Gasteiger charge is 2.10. The van der Waals surface area contributed by atoms with Gasteiger partial charge in [-0.15, -0.1) is 0 Å². The Labute approximate surface area is 141 Å². The molecule has 0 saturated heterocycles. The van der Waals surface area contributed by atoms with E-state index in [0.29, 0.717) is 27.9 Å². The molecule has 2 heterocycles. The number of H-pyrrole nitrogens is 2. The highest BCUT2D eigenvalue weighted by atomic mass is 16.5. The largest absolute Gasteiger partial charge is 0.497 e. The van der Waals surface area contributed by atoms with Crippen LogP contribution in [0.4, 0.5) is 5.69 Å². The lowest BCUT2D eigenvalue weighted by Crippen LogP contribution is -2.13. The van der Waals surface area contributed by atoms with Crippen molar-refractivity contribution in [2.45, 2.75) is 0 Å². The van der Waals surface area contributed by atoms with Gasteiger partial charge in [0.2, 0.25) is 0 Å². The molecule has 0 fully saturated rings. The molecular weight excluding hydrogens is 320 g/mol. The highest BCUT2D eigenvalue weighted by molar-refractivity contribution is 6.04. The summed E-state index contributed by atoms with van der Waals surface area (Å²) >= 11 is 0. The van der Waals surface area contributed by atoms with Crippen LogP contribution in [-0.4, -0.2) is 28.0 Å². The van der Waals surface area contributed by atoms with E-state index in [1.54, 1.807) is 37.4 Å². The number of amides is 1. The number of carbonyl (C=O) groups is 1. The summed E-state index contributed by atoms with van der Waals surface area (Å²) in [6, 6.07) is 14.1. The second-order valence-corrected chi connectivity index (χ2v) is 5.55. The summed E-state index contributed by atoms with van der Waals surface area (Å²) in [5.74, 6) is 0.412. The van der Waals surface area contributed by atoms with Gasteiger partial charge in [0.1, 0.15) is 11.4 Å². The summed E-state index contributed by atoms with van der Waals surface area (Å²) in [5.41, 5.74) is 2.61. The van der Waals surface area contributed by atoms with Gasteiger partial charge in [0.15, 0.2) is 0 Å². The first-order valence-electron chi connectivity index (χ1n) is 7.60. The van der Waals surface area contributed by atoms with Gasteiger partial charge < -0.3 is 20.0 Å². The minimum atomic E-state index is -0.324. The topological polar surface area (TPSA) is 99.9 Å². The Kier molecular flexibility index (Phi) is 3.46. The normalized spacial score (nSPS) is 10.9. The van der Waals surface area contributed by atoms with E-state index in [1.165, 1.54) is 0 Å². The number of carbonyl (C=O) groups excluding carboxylic acids is 1. The molecule has 7 heteroatoms. The molecule has 7 nitrogen and oxygen atoms in total. The van der Waals surface area contributed by atoms with Gasteiger partial charge in [-0.3, -0.25) is 4.79 Å². The monoisotopic (exact) mass is 334 g/mol. The summed E-state index contributed by atoms with van der Waals surface area (Å²) in [6.07, 6.45) is 0. The number of imidazole rings is 1. The van der Waals surface area contributed by atoms with Gasteiger partial charge in [0.25, 0.3) is 5.91 Å². The lowest BCUT2D eigenvalue weighted by molar-refractivity contribution is 0.102. The van der Waals surface area contributed by atoms with Crippen LogP contribution in [0.25, 0.3) is 21.9 Å². The Balaban J connectivity index is 1.62. The number of ether oxygens (including phenoxy) is 1. The van der Waals surface area contributed by atoms with E-state index < -0.39 is 0 Å². The first-order chi connectivity index (χ1) is 12.1. The van der Waals surface area contributed by atoms with Crippen LogP contribution in [0.5, 0.6) is 5.75 Å². The number of hydrogen-bond donors (Lipinski definition) is 3. The molecule has 2 aromatic heterocycles. The number of nitrogens with zero attached hydrogens (tertiary/aromatic N) is 1. The van der Waals surface area contributed by atoms with Gasteiger partial charge in [-0.1, -0.05) is 6.07 Å². The molecular formula is C18H14N4O3. The van der Waals surface area contributed by atoms with Crippen LogP contribution in [0, 0.1) is 0 Å². The molecule has 0 aliphatic carbocycles. The van der Waals surface area contributed by atoms with Crippen molar-refractivity contribution in [3.63, 3.8) is 0 Å². The first-order valence-corrected chi connectivity index (χ1v) is 7.60. The van der Waals surface area contributed by atoms with Gasteiger partial charge in [0, 0.05) is 11.1 Å². The molecule has 4 rings (SSSR count). The second-order valence-electron chi connectivity index (χ2n) is 5.55. The van der Waals surface area contributed by atoms with E-state index in [0.717, 1.165) is 11.1 Å². The molecule has 25 heavy (non-hydrogen) atoms. The number of methoxy groups -OCH3 is 1. The zero-order valence-corrected chi connectivity index (χ0v) is 13.3. The number of pyridine rings is 1. The van der Waals surface area contributed by atoms with Crippen molar-refractivity contribution in [1.82, 2.24) is 15.0 Å². The quantitative estimate of drug-likeness (QED) is 0.536. The number of benzene rings is 2. The van der Waals surface area contributed by atoms with Crippen LogP contribution in [0.15, 0.2) is 53.3 Å². The summed E-state index contributed by atoms with van der Waals surface area (Å²) in [6.45, 7) is 0. The molecule has 2 aromatic carbocycles. The molecule has 0 saturated carbocycles. The maximum Gasteiger partial charge on any atom is 0.323 e. The molecule has 0 radical (unpaired) electrons. The van der Waals surface area contributed by atoms with E-state index in [2.05, 4.69) is 20.3 Å². The molecule has 0 spiro atoms. The van der Waals surface area contributed by atoms with E-state index >= 15 is 0 Å². The standard InChI is InChI=1S/C18H14N4O3/c1-25-12-4-7-13-10(8-12)2-5-15(20-13)17(23)19-11-3-6-14-16(9-11)22-18(24)21-14/h2-9H,1H3,(H,19,23)(H2,21,22,24). The Morgan fingerprint density at radius 3 is 2.72 bits per heavy atom. The van der Waals surface area contributed by atoms with E-state index in [9.17, 15) is 9.59 Å². The molecule has 0 aliphatic heterocycles. The summed E-state index contributed by atoms with van der Waals surface area (Å²) in [4.78, 5) is 33.4. The summed E-state index contributed by atoms with van der Waals surface area (Å²) < 4.78 is 5.18. The third kappa shape index (κ3) is 2.83. The Morgan fingerprint density at radius 1 is 1.04 bits per heavy atom. The fraction of sp³-hybridized carbons (Fsp3) is 0.0556. The predicted octanol–water partition coefficient (Wildman–Crippen LogP) is 2.67. The van der Waals surface area contributed by atoms with E-state index in [-0.39, 0.29) is 11.6 Å². The fourth-order valence-electron chi connectivity index (χ4n) is 2.66. The minimum Gasteiger partial charge on any atom is -0.497 e. The third-order valence-electron chi connectivity index (χ3n) is 3.90. The number of nitrogens with one attached hydrogen (secondary N) is 3. The van der Waals surface area contributed by atoms with Crippen molar-refractivity contribution in [3.8, 4) is 5.75 Å². The van der Waals surface area contributed by atoms with Crippen molar-refractivity contribution < 1.29 is 9.53 Å². The second kappa shape index (κ2) is 5.79. The van der Waals surface area contributed by atoms with Crippen LogP contribution >= 0.6 is 0 Å². The smallest absolute Gasteiger partial charge is 0.323 e. The number of rotatable bonds is 3. The lowest BCUT2D eigenvalue weighted by atomic mass is 10.2. The number of aromatic nitrogens is 3. The molecule has 0 aliphatic rings. The van der Waals surface area contributed by atoms with E-state index in [1.807, 2.05) is 18.2 Å². The Bertz CT molecular complexity index is 1160. The molecule has 3 N–H and O–H groups in total. The van der Waals surface area contributed by atoms with Crippen molar-refractivity contribution in [1.29, 1.82) is 0 Å².